The number of hydrogen-bond donors (Lipinski definition) is 2. The lowest BCUT2D eigenvalue weighted by molar-refractivity contribution is -0.384. The Morgan fingerprint density at radius 2 is 1.64 bits per heavy atom. The minimum Gasteiger partial charge on any atom is -0.492 e. The molecule has 0 atom stereocenters. The van der Waals surface area contributed by atoms with Crippen molar-refractivity contribution in [2.45, 2.75) is 6.92 Å². The molecule has 1 heterocycles. The Kier molecular flexibility index (Phi) is 6.03. The predicted molar refractivity (Wildman–Crippen MR) is 123 cm³/mol. The topological polar surface area (TPSA) is 124 Å². The van der Waals surface area contributed by atoms with Gasteiger partial charge in [0, 0.05) is 23.1 Å². The number of carbonyl (C=O) groups is 2. The molecule has 9 heteroatoms. The summed E-state index contributed by atoms with van der Waals surface area (Å²) in [5.41, 5.74) is 1.13. The van der Waals surface area contributed by atoms with E-state index in [1.165, 1.54) is 24.3 Å². The SMILES string of the molecule is CCOc1ccccc1NC(=O)c1oc2ccccc2c1NC(=O)c1ccc([N+](=O)[O-])cc1. The van der Waals surface area contributed by atoms with Crippen LogP contribution in [0.4, 0.5) is 17.1 Å². The molecular weight excluding hydrogens is 426 g/mol. The standard InChI is InChI=1S/C24H19N3O6/c1-2-32-20-10-6-4-8-18(20)25-24(29)22-21(17-7-3-5-9-19(17)33-22)26-23(28)15-11-13-16(14-12-15)27(30)31/h3-14H,2H2,1H3,(H,25,29)(H,26,28). The molecule has 9 nitrogen and oxygen atoms in total. The number of para-hydroxylation sites is 3. The van der Waals surface area contributed by atoms with E-state index in [-0.39, 0.29) is 22.7 Å². The minimum atomic E-state index is -0.572. The second-order valence-corrected chi connectivity index (χ2v) is 6.94. The number of nitrogens with zero attached hydrogens (tertiary/aromatic N) is 1. The number of furan rings is 1. The molecule has 0 aliphatic carbocycles. The summed E-state index contributed by atoms with van der Waals surface area (Å²) in [7, 11) is 0. The number of anilines is 2. The van der Waals surface area contributed by atoms with Crippen molar-refractivity contribution in [1.82, 2.24) is 0 Å². The van der Waals surface area contributed by atoms with Gasteiger partial charge in [0.2, 0.25) is 5.76 Å². The largest absolute Gasteiger partial charge is 0.492 e. The smallest absolute Gasteiger partial charge is 0.293 e. The molecular formula is C24H19N3O6. The Bertz CT molecular complexity index is 1340. The monoisotopic (exact) mass is 445 g/mol. The van der Waals surface area contributed by atoms with Crippen LogP contribution in [0.25, 0.3) is 11.0 Å². The molecule has 0 aliphatic heterocycles. The highest BCUT2D eigenvalue weighted by Gasteiger charge is 2.24. The van der Waals surface area contributed by atoms with E-state index in [0.717, 1.165) is 0 Å². The Balaban J connectivity index is 1.66. The van der Waals surface area contributed by atoms with Gasteiger partial charge in [-0.25, -0.2) is 0 Å². The molecule has 3 aromatic carbocycles. The number of carbonyl (C=O) groups excluding carboxylic acids is 2. The number of benzene rings is 3. The molecule has 0 radical (unpaired) electrons. The van der Waals surface area contributed by atoms with Gasteiger partial charge in [-0.2, -0.15) is 0 Å². The van der Waals surface area contributed by atoms with E-state index in [1.54, 1.807) is 48.5 Å². The van der Waals surface area contributed by atoms with E-state index in [0.29, 0.717) is 29.0 Å². The Morgan fingerprint density at radius 1 is 0.939 bits per heavy atom. The summed E-state index contributed by atoms with van der Waals surface area (Å²) in [6.45, 7) is 2.26. The van der Waals surface area contributed by atoms with Crippen LogP contribution < -0.4 is 15.4 Å². The number of rotatable bonds is 7. The molecule has 1 aromatic heterocycles. The molecule has 0 saturated carbocycles. The summed E-state index contributed by atoms with van der Waals surface area (Å²) < 4.78 is 11.3. The molecule has 0 spiro atoms. The first-order chi connectivity index (χ1) is 16.0. The maximum absolute atomic E-state index is 13.1. The van der Waals surface area contributed by atoms with E-state index < -0.39 is 16.7 Å². The van der Waals surface area contributed by atoms with Gasteiger partial charge in [-0.1, -0.05) is 24.3 Å². The van der Waals surface area contributed by atoms with E-state index in [1.807, 2.05) is 6.92 Å². The minimum absolute atomic E-state index is 0.0854. The second kappa shape index (κ2) is 9.23. The number of hydrogen-bond acceptors (Lipinski definition) is 6. The van der Waals surface area contributed by atoms with Gasteiger partial charge in [-0.05, 0) is 43.3 Å². The quantitative estimate of drug-likeness (QED) is 0.296. The molecule has 0 aliphatic rings. The summed E-state index contributed by atoms with van der Waals surface area (Å²) in [4.78, 5) is 36.3. The van der Waals surface area contributed by atoms with Crippen LogP contribution in [0.15, 0.2) is 77.2 Å². The van der Waals surface area contributed by atoms with Crippen LogP contribution in [0.3, 0.4) is 0 Å². The fourth-order valence-corrected chi connectivity index (χ4v) is 3.28. The van der Waals surface area contributed by atoms with Crippen LogP contribution in [0.5, 0.6) is 5.75 Å². The second-order valence-electron chi connectivity index (χ2n) is 6.94. The predicted octanol–water partition coefficient (Wildman–Crippen LogP) is 5.24. The van der Waals surface area contributed by atoms with Crippen molar-refractivity contribution >= 4 is 39.8 Å². The van der Waals surface area contributed by atoms with Crippen LogP contribution >= 0.6 is 0 Å². The summed E-state index contributed by atoms with van der Waals surface area (Å²) in [6.07, 6.45) is 0. The van der Waals surface area contributed by atoms with Crippen LogP contribution in [0.2, 0.25) is 0 Å². The van der Waals surface area contributed by atoms with E-state index in [9.17, 15) is 19.7 Å². The maximum atomic E-state index is 13.1. The third-order valence-corrected chi connectivity index (χ3v) is 4.82. The molecule has 0 bridgehead atoms. The fourth-order valence-electron chi connectivity index (χ4n) is 3.28. The van der Waals surface area contributed by atoms with Gasteiger partial charge in [-0.15, -0.1) is 0 Å². The number of nitro benzene ring substituents is 1. The fraction of sp³-hybridized carbons (Fsp3) is 0.0833. The Morgan fingerprint density at radius 3 is 2.36 bits per heavy atom. The number of ether oxygens (including phenoxy) is 1. The first kappa shape index (κ1) is 21.6. The van der Waals surface area contributed by atoms with Crippen molar-refractivity contribution in [2.75, 3.05) is 17.2 Å². The van der Waals surface area contributed by atoms with Crippen LogP contribution in [0, 0.1) is 10.1 Å². The zero-order chi connectivity index (χ0) is 23.4. The lowest BCUT2D eigenvalue weighted by atomic mass is 10.1. The number of nitro groups is 1. The highest BCUT2D eigenvalue weighted by Crippen LogP contribution is 2.33. The molecule has 4 rings (SSSR count). The molecule has 2 N–H and O–H groups in total. The highest BCUT2D eigenvalue weighted by atomic mass is 16.6. The number of fused-ring (bicyclic) bond motifs is 1. The highest BCUT2D eigenvalue weighted by molar-refractivity contribution is 6.17. The Labute approximate surface area is 188 Å². The molecule has 0 unspecified atom stereocenters. The molecule has 0 saturated heterocycles. The van der Waals surface area contributed by atoms with Gasteiger partial charge in [0.15, 0.2) is 0 Å². The van der Waals surface area contributed by atoms with Gasteiger partial charge in [0.05, 0.1) is 17.2 Å². The zero-order valence-corrected chi connectivity index (χ0v) is 17.5. The van der Waals surface area contributed by atoms with E-state index in [4.69, 9.17) is 9.15 Å². The molecule has 33 heavy (non-hydrogen) atoms. The van der Waals surface area contributed by atoms with Crippen molar-refractivity contribution in [2.24, 2.45) is 0 Å². The summed E-state index contributed by atoms with van der Waals surface area (Å²) in [5, 5.41) is 16.9. The summed E-state index contributed by atoms with van der Waals surface area (Å²) in [6, 6.07) is 19.0. The van der Waals surface area contributed by atoms with Crippen LogP contribution in [0.1, 0.15) is 27.8 Å². The average molecular weight is 445 g/mol. The number of non-ortho nitro benzene ring substituents is 1. The first-order valence-electron chi connectivity index (χ1n) is 10.1. The molecule has 2 amide bonds. The van der Waals surface area contributed by atoms with Gasteiger partial charge >= 0.3 is 0 Å². The van der Waals surface area contributed by atoms with Crippen molar-refractivity contribution in [3.63, 3.8) is 0 Å². The average Bonchev–Trinajstić information content (AvgIpc) is 3.19. The maximum Gasteiger partial charge on any atom is 0.293 e. The summed E-state index contributed by atoms with van der Waals surface area (Å²) in [5.74, 6) is -0.698. The van der Waals surface area contributed by atoms with Gasteiger partial charge < -0.3 is 19.8 Å². The molecule has 0 fully saturated rings. The van der Waals surface area contributed by atoms with Crippen molar-refractivity contribution in [1.29, 1.82) is 0 Å². The third kappa shape index (κ3) is 4.52. The van der Waals surface area contributed by atoms with E-state index >= 15 is 0 Å². The van der Waals surface area contributed by atoms with Crippen molar-refractivity contribution < 1.29 is 23.7 Å². The van der Waals surface area contributed by atoms with E-state index in [2.05, 4.69) is 10.6 Å². The van der Waals surface area contributed by atoms with Crippen molar-refractivity contribution in [3.8, 4) is 5.75 Å². The van der Waals surface area contributed by atoms with Crippen LogP contribution in [-0.2, 0) is 0 Å². The Hall–Kier alpha value is -4.66. The van der Waals surface area contributed by atoms with Gasteiger partial charge in [0.1, 0.15) is 17.0 Å². The molecule has 166 valence electrons. The van der Waals surface area contributed by atoms with Gasteiger partial charge in [0.25, 0.3) is 17.5 Å². The normalized spacial score (nSPS) is 10.6. The zero-order valence-electron chi connectivity index (χ0n) is 17.5. The van der Waals surface area contributed by atoms with Crippen molar-refractivity contribution in [3.05, 3.63) is 94.2 Å². The number of nitrogens with one attached hydrogen (secondary N) is 2. The third-order valence-electron chi connectivity index (χ3n) is 4.82. The lowest BCUT2D eigenvalue weighted by Gasteiger charge is -2.11. The number of amides is 2. The first-order valence-corrected chi connectivity index (χ1v) is 10.1. The van der Waals surface area contributed by atoms with Crippen LogP contribution in [-0.4, -0.2) is 23.3 Å². The summed E-state index contributed by atoms with van der Waals surface area (Å²) >= 11 is 0. The lowest BCUT2D eigenvalue weighted by Crippen LogP contribution is -2.17. The van der Waals surface area contributed by atoms with Gasteiger partial charge in [-0.3, -0.25) is 19.7 Å². The molecule has 4 aromatic rings.